The van der Waals surface area contributed by atoms with Crippen molar-refractivity contribution in [3.8, 4) is 0 Å². The van der Waals surface area contributed by atoms with Crippen LogP contribution in [0.1, 0.15) is 0 Å². The van der Waals surface area contributed by atoms with Crippen LogP contribution in [0.15, 0.2) is 29.2 Å². The molecule has 84 valence electrons. The fraction of sp³-hybridized carbons (Fsp3) is 0.250. The van der Waals surface area contributed by atoms with E-state index < -0.39 is 24.8 Å². The first kappa shape index (κ1) is 12.0. The molecule has 0 fully saturated rings. The lowest BCUT2D eigenvalue weighted by Crippen LogP contribution is -2.15. The fourth-order valence-corrected chi connectivity index (χ4v) is 4.37. The Morgan fingerprint density at radius 1 is 1.07 bits per heavy atom. The number of nitrogens with two attached hydrogens (primary N) is 1. The van der Waals surface area contributed by atoms with Gasteiger partial charge in [-0.3, -0.25) is 0 Å². The predicted octanol–water partition coefficient (Wildman–Crippen LogP) is 0.0446. The van der Waals surface area contributed by atoms with E-state index in [2.05, 4.69) is 0 Å². The summed E-state index contributed by atoms with van der Waals surface area (Å²) >= 11 is 0. The van der Waals surface area contributed by atoms with Crippen molar-refractivity contribution in [3.05, 3.63) is 24.3 Å². The number of rotatable bonds is 3. The third kappa shape index (κ3) is 3.52. The van der Waals surface area contributed by atoms with Gasteiger partial charge in [0.05, 0.1) is 4.90 Å². The molecular formula is C8H11NO4S2. The van der Waals surface area contributed by atoms with E-state index in [9.17, 15) is 16.8 Å². The number of hydrogen-bond acceptors (Lipinski definition) is 5. The molecule has 1 aromatic rings. The molecular weight excluding hydrogens is 238 g/mol. The molecule has 0 saturated carbocycles. The van der Waals surface area contributed by atoms with Crippen molar-refractivity contribution in [2.45, 2.75) is 4.90 Å². The second kappa shape index (κ2) is 3.82. The average molecular weight is 249 g/mol. The fourth-order valence-electron chi connectivity index (χ4n) is 1.03. The summed E-state index contributed by atoms with van der Waals surface area (Å²) in [6.07, 6.45) is 0.877. The van der Waals surface area contributed by atoms with Crippen LogP contribution in [0.3, 0.4) is 0 Å². The molecule has 0 saturated heterocycles. The Morgan fingerprint density at radius 2 is 1.53 bits per heavy atom. The zero-order chi connectivity index (χ0) is 11.7. The third-order valence-electron chi connectivity index (χ3n) is 1.61. The number of hydrogen-bond donors (Lipinski definition) is 1. The Labute approximate surface area is 88.8 Å². The monoisotopic (exact) mass is 249 g/mol. The van der Waals surface area contributed by atoms with Crippen LogP contribution < -0.4 is 5.73 Å². The summed E-state index contributed by atoms with van der Waals surface area (Å²) in [6, 6.07) is 5.40. The summed E-state index contributed by atoms with van der Waals surface area (Å²) in [5.41, 5.74) is 5.81. The van der Waals surface area contributed by atoms with E-state index in [1.54, 1.807) is 0 Å². The molecule has 1 aromatic carbocycles. The van der Waals surface area contributed by atoms with Gasteiger partial charge in [0, 0.05) is 11.9 Å². The van der Waals surface area contributed by atoms with E-state index in [0.29, 0.717) is 5.69 Å². The standard InChI is InChI=1S/C8H11NO4S2/c1-14(10,11)6-15(12,13)8-4-2-7(9)3-5-8/h2-5H,6,9H2,1H3. The first-order chi connectivity index (χ1) is 6.71. The average Bonchev–Trinajstić information content (AvgIpc) is 2.00. The van der Waals surface area contributed by atoms with Crippen LogP contribution in [0.5, 0.6) is 0 Å². The smallest absolute Gasteiger partial charge is 0.192 e. The van der Waals surface area contributed by atoms with Crippen molar-refractivity contribution < 1.29 is 16.8 Å². The van der Waals surface area contributed by atoms with Crippen LogP contribution in [0.25, 0.3) is 0 Å². The van der Waals surface area contributed by atoms with Crippen molar-refractivity contribution in [1.82, 2.24) is 0 Å². The molecule has 0 amide bonds. The molecule has 7 heteroatoms. The van der Waals surface area contributed by atoms with Crippen LogP contribution in [0, 0.1) is 0 Å². The van der Waals surface area contributed by atoms with E-state index in [4.69, 9.17) is 5.73 Å². The normalized spacial score (nSPS) is 12.6. The van der Waals surface area contributed by atoms with Crippen LogP contribution in [0.4, 0.5) is 5.69 Å². The largest absolute Gasteiger partial charge is 0.399 e. The van der Waals surface area contributed by atoms with Gasteiger partial charge in [-0.1, -0.05) is 0 Å². The van der Waals surface area contributed by atoms with Gasteiger partial charge in [0.2, 0.25) is 0 Å². The Kier molecular flexibility index (Phi) is 3.05. The van der Waals surface area contributed by atoms with Gasteiger partial charge in [0.15, 0.2) is 24.8 Å². The molecule has 0 aliphatic heterocycles. The van der Waals surface area contributed by atoms with Gasteiger partial charge >= 0.3 is 0 Å². The number of benzene rings is 1. The molecule has 15 heavy (non-hydrogen) atoms. The van der Waals surface area contributed by atoms with Gasteiger partial charge in [-0.25, -0.2) is 16.8 Å². The van der Waals surface area contributed by atoms with E-state index >= 15 is 0 Å². The first-order valence-corrected chi connectivity index (χ1v) is 7.68. The lowest BCUT2D eigenvalue weighted by atomic mass is 10.3. The van der Waals surface area contributed by atoms with Crippen molar-refractivity contribution >= 4 is 25.4 Å². The van der Waals surface area contributed by atoms with Gasteiger partial charge in [-0.15, -0.1) is 0 Å². The zero-order valence-corrected chi connectivity index (χ0v) is 9.68. The number of sulfone groups is 2. The maximum atomic E-state index is 11.5. The van der Waals surface area contributed by atoms with E-state index in [0.717, 1.165) is 6.26 Å². The van der Waals surface area contributed by atoms with Crippen LogP contribution in [-0.4, -0.2) is 28.2 Å². The molecule has 2 N–H and O–H groups in total. The summed E-state index contributed by atoms with van der Waals surface area (Å²) in [6.45, 7) is 0. The van der Waals surface area contributed by atoms with Crippen molar-refractivity contribution in [2.24, 2.45) is 0 Å². The van der Waals surface area contributed by atoms with Crippen LogP contribution >= 0.6 is 0 Å². The lowest BCUT2D eigenvalue weighted by Gasteiger charge is -2.02. The minimum absolute atomic E-state index is 0.0397. The molecule has 0 bridgehead atoms. The van der Waals surface area contributed by atoms with Gasteiger partial charge in [0.25, 0.3) is 0 Å². The Morgan fingerprint density at radius 3 is 1.93 bits per heavy atom. The highest BCUT2D eigenvalue weighted by molar-refractivity contribution is 8.07. The summed E-state index contributed by atoms with van der Waals surface area (Å²) in [5.74, 6) is 0. The van der Waals surface area contributed by atoms with E-state index in [-0.39, 0.29) is 4.90 Å². The van der Waals surface area contributed by atoms with Gasteiger partial charge in [-0.05, 0) is 24.3 Å². The lowest BCUT2D eigenvalue weighted by molar-refractivity contribution is 0.592. The van der Waals surface area contributed by atoms with Crippen LogP contribution in [0.2, 0.25) is 0 Å². The minimum atomic E-state index is -3.78. The molecule has 0 spiro atoms. The second-order valence-corrected chi connectivity index (χ2v) is 7.72. The topological polar surface area (TPSA) is 94.3 Å². The highest BCUT2D eigenvalue weighted by Gasteiger charge is 2.20. The molecule has 0 aromatic heterocycles. The zero-order valence-electron chi connectivity index (χ0n) is 8.04. The molecule has 0 aliphatic rings. The highest BCUT2D eigenvalue weighted by atomic mass is 32.3. The molecule has 0 heterocycles. The number of nitrogen functional groups attached to an aromatic ring is 1. The molecule has 0 atom stereocenters. The number of anilines is 1. The van der Waals surface area contributed by atoms with Crippen molar-refractivity contribution in [2.75, 3.05) is 17.1 Å². The van der Waals surface area contributed by atoms with Crippen LogP contribution in [-0.2, 0) is 19.7 Å². The molecule has 0 unspecified atom stereocenters. The molecule has 0 aliphatic carbocycles. The van der Waals surface area contributed by atoms with Gasteiger partial charge < -0.3 is 5.73 Å². The van der Waals surface area contributed by atoms with E-state index in [1.165, 1.54) is 24.3 Å². The molecule has 0 radical (unpaired) electrons. The Bertz CT molecular complexity index is 543. The quantitative estimate of drug-likeness (QED) is 0.763. The molecule has 5 nitrogen and oxygen atoms in total. The summed E-state index contributed by atoms with van der Waals surface area (Å²) in [5, 5.41) is -0.885. The predicted molar refractivity (Wildman–Crippen MR) is 57.8 cm³/mol. The maximum Gasteiger partial charge on any atom is 0.192 e. The van der Waals surface area contributed by atoms with Crippen molar-refractivity contribution in [1.29, 1.82) is 0 Å². The van der Waals surface area contributed by atoms with Gasteiger partial charge in [0.1, 0.15) is 0 Å². The second-order valence-electron chi connectivity index (χ2n) is 3.23. The maximum absolute atomic E-state index is 11.5. The third-order valence-corrected chi connectivity index (χ3v) is 5.55. The highest BCUT2D eigenvalue weighted by Crippen LogP contribution is 2.14. The van der Waals surface area contributed by atoms with E-state index in [1.807, 2.05) is 0 Å². The Hall–Kier alpha value is -1.08. The van der Waals surface area contributed by atoms with Gasteiger partial charge in [-0.2, -0.15) is 0 Å². The summed E-state index contributed by atoms with van der Waals surface area (Å²) in [4.78, 5) is -0.0397. The van der Waals surface area contributed by atoms with Crippen molar-refractivity contribution in [3.63, 3.8) is 0 Å². The summed E-state index contributed by atoms with van der Waals surface area (Å²) in [7, 11) is -7.34. The molecule has 1 rings (SSSR count). The summed E-state index contributed by atoms with van der Waals surface area (Å²) < 4.78 is 44.8. The SMILES string of the molecule is CS(=O)(=O)CS(=O)(=O)c1ccc(N)cc1. The first-order valence-electron chi connectivity index (χ1n) is 3.97. The minimum Gasteiger partial charge on any atom is -0.399 e. The Balaban J connectivity index is 3.13.